The molecule has 0 aliphatic rings. The molecule has 6 nitrogen and oxygen atoms in total. The first-order chi connectivity index (χ1) is 8.24. The number of nitro benzene ring substituents is 1. The number of rotatable bonds is 4. The zero-order chi connectivity index (χ0) is 12.3. The summed E-state index contributed by atoms with van der Waals surface area (Å²) < 4.78 is 5.31. The second-order valence-corrected chi connectivity index (χ2v) is 3.54. The monoisotopic (exact) mass is 253 g/mol. The molecule has 17 heavy (non-hydrogen) atoms. The number of fused-ring (bicyclic) bond motifs is 1. The Hall–Kier alpha value is -1.95. The normalized spacial score (nSPS) is 10.4. The van der Waals surface area contributed by atoms with E-state index in [1.54, 1.807) is 6.07 Å². The molecule has 0 bridgehead atoms. The Morgan fingerprint density at radius 3 is 3.00 bits per heavy atom. The van der Waals surface area contributed by atoms with Crippen LogP contribution in [0.4, 0.5) is 5.69 Å². The van der Waals surface area contributed by atoms with Crippen LogP contribution in [0.3, 0.4) is 0 Å². The highest BCUT2D eigenvalue weighted by Crippen LogP contribution is 2.33. The number of aromatic nitrogens is 2. The predicted molar refractivity (Wildman–Crippen MR) is 62.4 cm³/mol. The Balaban J connectivity index is 2.61. The van der Waals surface area contributed by atoms with Crippen molar-refractivity contribution >= 4 is 28.2 Å². The zero-order valence-electron chi connectivity index (χ0n) is 8.67. The van der Waals surface area contributed by atoms with Crippen molar-refractivity contribution in [3.05, 3.63) is 34.8 Å². The van der Waals surface area contributed by atoms with Crippen molar-refractivity contribution in [1.29, 1.82) is 0 Å². The van der Waals surface area contributed by atoms with E-state index in [0.717, 1.165) is 0 Å². The zero-order valence-corrected chi connectivity index (χ0v) is 9.42. The van der Waals surface area contributed by atoms with Gasteiger partial charge in [-0.2, -0.15) is 0 Å². The molecular weight excluding hydrogens is 246 g/mol. The van der Waals surface area contributed by atoms with Crippen LogP contribution < -0.4 is 4.74 Å². The van der Waals surface area contributed by atoms with Gasteiger partial charge in [-0.25, -0.2) is 9.97 Å². The van der Waals surface area contributed by atoms with Gasteiger partial charge >= 0.3 is 5.69 Å². The van der Waals surface area contributed by atoms with Crippen molar-refractivity contribution in [3.63, 3.8) is 0 Å². The Bertz CT molecular complexity index is 561. The molecule has 1 heterocycles. The second kappa shape index (κ2) is 4.92. The molecule has 0 spiro atoms. The second-order valence-electron chi connectivity index (χ2n) is 3.16. The summed E-state index contributed by atoms with van der Waals surface area (Å²) in [6, 6.07) is 2.92. The van der Waals surface area contributed by atoms with Gasteiger partial charge in [-0.15, -0.1) is 11.6 Å². The number of ether oxygens (including phenoxy) is 1. The summed E-state index contributed by atoms with van der Waals surface area (Å²) in [5.74, 6) is 0.412. The highest BCUT2D eigenvalue weighted by molar-refractivity contribution is 6.18. The van der Waals surface area contributed by atoms with Gasteiger partial charge < -0.3 is 4.74 Å². The van der Waals surface area contributed by atoms with Crippen LogP contribution in [0.2, 0.25) is 0 Å². The van der Waals surface area contributed by atoms with Crippen molar-refractivity contribution in [1.82, 2.24) is 9.97 Å². The van der Waals surface area contributed by atoms with E-state index in [9.17, 15) is 10.1 Å². The lowest BCUT2D eigenvalue weighted by atomic mass is 10.2. The summed E-state index contributed by atoms with van der Waals surface area (Å²) in [5.41, 5.74) is 0.479. The van der Waals surface area contributed by atoms with Crippen LogP contribution in [-0.4, -0.2) is 27.4 Å². The van der Waals surface area contributed by atoms with E-state index < -0.39 is 4.92 Å². The molecule has 0 saturated heterocycles. The first-order valence-electron chi connectivity index (χ1n) is 4.80. The van der Waals surface area contributed by atoms with Gasteiger partial charge in [0.05, 0.1) is 21.7 Å². The van der Waals surface area contributed by atoms with Crippen molar-refractivity contribution in [2.24, 2.45) is 0 Å². The molecule has 0 amide bonds. The molecule has 0 fully saturated rings. The maximum atomic E-state index is 10.9. The summed E-state index contributed by atoms with van der Waals surface area (Å²) in [6.07, 6.45) is 2.86. The number of halogens is 1. The Kier molecular flexibility index (Phi) is 3.34. The van der Waals surface area contributed by atoms with Crippen LogP contribution in [0.5, 0.6) is 5.75 Å². The van der Waals surface area contributed by atoms with E-state index in [1.807, 2.05) is 0 Å². The molecule has 0 unspecified atom stereocenters. The largest absolute Gasteiger partial charge is 0.485 e. The summed E-state index contributed by atoms with van der Waals surface area (Å²) >= 11 is 5.51. The van der Waals surface area contributed by atoms with E-state index >= 15 is 0 Å². The minimum Gasteiger partial charge on any atom is -0.485 e. The fourth-order valence-electron chi connectivity index (χ4n) is 1.45. The molecule has 88 valence electrons. The molecule has 1 aromatic heterocycles. The number of nitro groups is 1. The fraction of sp³-hybridized carbons (Fsp3) is 0.200. The fourth-order valence-corrected chi connectivity index (χ4v) is 1.53. The molecule has 1 aromatic carbocycles. The minimum atomic E-state index is -0.504. The van der Waals surface area contributed by atoms with Crippen LogP contribution in [0.1, 0.15) is 0 Å². The van der Waals surface area contributed by atoms with Gasteiger partial charge in [-0.1, -0.05) is 0 Å². The third-order valence-electron chi connectivity index (χ3n) is 2.14. The maximum Gasteiger partial charge on any atom is 0.311 e. The van der Waals surface area contributed by atoms with Crippen LogP contribution in [0.25, 0.3) is 10.9 Å². The van der Waals surface area contributed by atoms with Gasteiger partial charge in [0.1, 0.15) is 12.9 Å². The first-order valence-corrected chi connectivity index (χ1v) is 5.33. The summed E-state index contributed by atoms with van der Waals surface area (Å²) in [4.78, 5) is 18.2. The number of hydrogen-bond donors (Lipinski definition) is 0. The molecule has 7 heteroatoms. The average Bonchev–Trinajstić information content (AvgIpc) is 2.35. The third-order valence-corrected chi connectivity index (χ3v) is 2.29. The first kappa shape index (κ1) is 11.5. The van der Waals surface area contributed by atoms with Crippen LogP contribution >= 0.6 is 11.6 Å². The average molecular weight is 254 g/mol. The number of benzene rings is 1. The van der Waals surface area contributed by atoms with E-state index in [0.29, 0.717) is 10.9 Å². The molecular formula is C10H8ClN3O3. The van der Waals surface area contributed by atoms with Gasteiger partial charge in [-0.05, 0) is 6.07 Å². The topological polar surface area (TPSA) is 78.2 Å². The van der Waals surface area contributed by atoms with E-state index in [1.165, 1.54) is 18.6 Å². The molecule has 0 aliphatic heterocycles. The molecule has 0 aliphatic carbocycles. The molecule has 0 N–H and O–H groups in total. The minimum absolute atomic E-state index is 0.114. The summed E-state index contributed by atoms with van der Waals surface area (Å²) in [7, 11) is 0. The maximum absolute atomic E-state index is 10.9. The van der Waals surface area contributed by atoms with E-state index in [2.05, 4.69) is 9.97 Å². The summed E-state index contributed by atoms with van der Waals surface area (Å²) in [5, 5.41) is 11.4. The van der Waals surface area contributed by atoms with Gasteiger partial charge in [0, 0.05) is 12.3 Å². The van der Waals surface area contributed by atoms with Crippen molar-refractivity contribution in [2.45, 2.75) is 0 Å². The van der Waals surface area contributed by atoms with Crippen molar-refractivity contribution in [3.8, 4) is 5.75 Å². The van der Waals surface area contributed by atoms with E-state index in [-0.39, 0.29) is 23.9 Å². The van der Waals surface area contributed by atoms with E-state index in [4.69, 9.17) is 16.3 Å². The molecule has 0 atom stereocenters. The Morgan fingerprint density at radius 2 is 2.29 bits per heavy atom. The predicted octanol–water partition coefficient (Wildman–Crippen LogP) is 2.16. The lowest BCUT2D eigenvalue weighted by molar-refractivity contribution is -0.385. The quantitative estimate of drug-likeness (QED) is 0.474. The van der Waals surface area contributed by atoms with Gasteiger partial charge in [0.15, 0.2) is 0 Å². The van der Waals surface area contributed by atoms with Crippen molar-refractivity contribution < 1.29 is 9.66 Å². The van der Waals surface area contributed by atoms with Gasteiger partial charge in [-0.3, -0.25) is 10.1 Å². The van der Waals surface area contributed by atoms with Crippen molar-refractivity contribution in [2.75, 3.05) is 12.5 Å². The number of nitrogens with zero attached hydrogens (tertiary/aromatic N) is 3. The van der Waals surface area contributed by atoms with Crippen LogP contribution in [0.15, 0.2) is 24.7 Å². The Labute approximate surface area is 101 Å². The van der Waals surface area contributed by atoms with Gasteiger partial charge in [0.25, 0.3) is 0 Å². The molecule has 0 saturated carbocycles. The highest BCUT2D eigenvalue weighted by Gasteiger charge is 2.18. The van der Waals surface area contributed by atoms with Gasteiger partial charge in [0.2, 0.25) is 5.75 Å². The van der Waals surface area contributed by atoms with Crippen LogP contribution in [-0.2, 0) is 0 Å². The third kappa shape index (κ3) is 2.26. The number of hydrogen-bond acceptors (Lipinski definition) is 5. The Morgan fingerprint density at radius 1 is 1.47 bits per heavy atom. The summed E-state index contributed by atoms with van der Waals surface area (Å²) in [6.45, 7) is 0.191. The number of alkyl halides is 1. The highest BCUT2D eigenvalue weighted by atomic mass is 35.5. The molecule has 2 rings (SSSR count). The standard InChI is InChI=1S/C10H8ClN3O3/c11-3-4-17-10-7-5-12-6-13-8(7)1-2-9(10)14(15)16/h1-2,5-6H,3-4H2. The van der Waals surface area contributed by atoms with Crippen LogP contribution in [0, 0.1) is 10.1 Å². The smallest absolute Gasteiger partial charge is 0.311 e. The lowest BCUT2D eigenvalue weighted by Crippen LogP contribution is -2.02. The SMILES string of the molecule is O=[N+]([O-])c1ccc2ncncc2c1OCCCl. The molecule has 0 radical (unpaired) electrons. The lowest BCUT2D eigenvalue weighted by Gasteiger charge is -2.07. The molecule has 2 aromatic rings.